The summed E-state index contributed by atoms with van der Waals surface area (Å²) in [7, 11) is -2.52. The van der Waals surface area contributed by atoms with Crippen LogP contribution in [0.1, 0.15) is 56.2 Å². The van der Waals surface area contributed by atoms with Crippen molar-refractivity contribution in [2.24, 2.45) is 0 Å². The first-order valence-electron chi connectivity index (χ1n) is 18.9. The standard InChI is InChI=1S/C14H20ClNO2.C11H13Cl2NO3.C10H5Cl2F3N4O2.C3H8NO5P/c1-4-11-7-6-8-12(5-2)14(11)16(10-18-3)13(17)9-15;1-11(2)14(10(15)9(12)13)6-8(17-11)7-4-3-5-16-7;11-5-1-4(10(13,14)15)2-6(12)8(5)18-9(16)7(3-17-18)19(20)21;5-3(6)1-4-2-10(7,8)9/h6-8H,4-5,9-10H2,1-3H3;3-5,8-9H,6H2,1-2H3;1-3H,16H2;4H,1-2H2,(H,5,6)(H2,7,8,9). The highest BCUT2D eigenvalue weighted by Gasteiger charge is 2.45. The van der Waals surface area contributed by atoms with E-state index in [2.05, 4.69) is 24.3 Å². The van der Waals surface area contributed by atoms with Crippen molar-refractivity contribution in [2.75, 3.05) is 49.7 Å². The number of hydrogen-bond acceptors (Lipinski definition) is 12. The summed E-state index contributed by atoms with van der Waals surface area (Å²) in [5.74, 6) is -1.38. The van der Waals surface area contributed by atoms with E-state index in [0.29, 0.717) is 24.4 Å². The lowest BCUT2D eigenvalue weighted by Gasteiger charge is -2.29. The van der Waals surface area contributed by atoms with Crippen LogP contribution in [0.4, 0.5) is 30.4 Å². The quantitative estimate of drug-likeness (QED) is 0.0262. The lowest BCUT2D eigenvalue weighted by atomic mass is 10.0. The number of halogens is 8. The number of carbonyl (C=O) groups excluding carboxylic acids is 2. The molecular formula is C38H46Cl5F3N7O12P. The van der Waals surface area contributed by atoms with E-state index in [0.717, 1.165) is 40.5 Å². The van der Waals surface area contributed by atoms with Gasteiger partial charge in [0.05, 0.1) is 51.9 Å². The highest BCUT2D eigenvalue weighted by molar-refractivity contribution is 7.51. The smallest absolute Gasteiger partial charge is 0.416 e. The Labute approximate surface area is 401 Å². The summed E-state index contributed by atoms with van der Waals surface area (Å²) in [6, 6.07) is 11.0. The van der Waals surface area contributed by atoms with Gasteiger partial charge in [0.2, 0.25) is 11.7 Å². The molecule has 2 aromatic heterocycles. The SMILES string of the molecule is CC1(C)OC(c2ccco2)CN1C(=O)C(Cl)Cl.CCc1cccc(CC)c1N(COC)C(=O)CCl.Nc1c([N+](=O)[O-])cnn1-c1c(Cl)cc(C(F)(F)F)cc1Cl.O=C(O)CNCP(=O)(O)O. The number of aromatic nitrogens is 2. The van der Waals surface area contributed by atoms with E-state index < -0.39 is 65.1 Å². The minimum absolute atomic E-state index is 0.0371. The molecule has 0 aliphatic carbocycles. The van der Waals surface area contributed by atoms with E-state index in [4.69, 9.17) is 92.5 Å². The van der Waals surface area contributed by atoms with Crippen LogP contribution >= 0.6 is 65.6 Å². The zero-order valence-corrected chi connectivity index (χ0v) is 40.3. The number of methoxy groups -OCH3 is 1. The molecular weight excluding hydrogens is 1010 g/mol. The molecule has 6 N–H and O–H groups in total. The summed E-state index contributed by atoms with van der Waals surface area (Å²) < 4.78 is 64.9. The number of nitrogens with one attached hydrogen (secondary N) is 1. The van der Waals surface area contributed by atoms with Gasteiger partial charge < -0.3 is 39.4 Å². The number of rotatable bonds is 14. The minimum Gasteiger partial charge on any atom is -0.480 e. The van der Waals surface area contributed by atoms with Crippen LogP contribution in [-0.4, -0.2) is 102 Å². The Hall–Kier alpha value is -4.19. The number of nitrogens with two attached hydrogens (primary N) is 1. The third kappa shape index (κ3) is 16.8. The maximum Gasteiger partial charge on any atom is 0.416 e. The largest absolute Gasteiger partial charge is 0.480 e. The van der Waals surface area contributed by atoms with Crippen molar-refractivity contribution in [3.63, 3.8) is 0 Å². The van der Waals surface area contributed by atoms with E-state index >= 15 is 0 Å². The first-order valence-corrected chi connectivity index (χ1v) is 22.9. The number of hydrogen-bond donors (Lipinski definition) is 5. The zero-order chi connectivity index (χ0) is 50.3. The fourth-order valence-corrected chi connectivity index (χ4v) is 7.29. The summed E-state index contributed by atoms with van der Waals surface area (Å²) in [5.41, 5.74) is 6.28. The summed E-state index contributed by atoms with van der Waals surface area (Å²) in [6.07, 6.45) is -1.34. The molecule has 2 amide bonds. The molecule has 28 heteroatoms. The number of ether oxygens (including phenoxy) is 2. The van der Waals surface area contributed by atoms with E-state index in [9.17, 15) is 42.2 Å². The number of anilines is 2. The van der Waals surface area contributed by atoms with E-state index in [1.807, 2.05) is 24.3 Å². The number of carboxylic acid groups (broad SMARTS) is 1. The predicted molar refractivity (Wildman–Crippen MR) is 241 cm³/mol. The van der Waals surface area contributed by atoms with Gasteiger partial charge >= 0.3 is 25.4 Å². The third-order valence-electron chi connectivity index (χ3n) is 8.78. The van der Waals surface area contributed by atoms with E-state index in [1.54, 1.807) is 38.2 Å². The van der Waals surface area contributed by atoms with Crippen LogP contribution in [0, 0.1) is 10.1 Å². The number of furan rings is 1. The molecule has 3 heterocycles. The maximum atomic E-state index is 12.6. The molecule has 366 valence electrons. The molecule has 1 aliphatic rings. The van der Waals surface area contributed by atoms with Crippen LogP contribution in [0.25, 0.3) is 5.69 Å². The van der Waals surface area contributed by atoms with Gasteiger partial charge in [0.15, 0.2) is 4.84 Å². The van der Waals surface area contributed by atoms with Gasteiger partial charge in [-0.05, 0) is 62.1 Å². The molecule has 1 saturated heterocycles. The molecule has 0 saturated carbocycles. The highest BCUT2D eigenvalue weighted by atomic mass is 35.5. The minimum atomic E-state index is -4.63. The molecule has 0 radical (unpaired) electrons. The van der Waals surface area contributed by atoms with Crippen molar-refractivity contribution >= 4 is 101 Å². The monoisotopic (exact) mass is 1060 g/mol. The second-order valence-electron chi connectivity index (χ2n) is 13.8. The first kappa shape index (κ1) is 57.9. The number of nitrogens with zero attached hydrogens (tertiary/aromatic N) is 5. The number of para-hydroxylation sites is 1. The summed E-state index contributed by atoms with van der Waals surface area (Å²) in [5, 5.41) is 23.6. The van der Waals surface area contributed by atoms with Gasteiger partial charge in [0, 0.05) is 7.11 Å². The van der Waals surface area contributed by atoms with Crippen molar-refractivity contribution in [3.05, 3.63) is 97.5 Å². The predicted octanol–water partition coefficient (Wildman–Crippen LogP) is 8.19. The molecule has 0 bridgehead atoms. The normalized spacial score (nSPS) is 14.3. The van der Waals surface area contributed by atoms with E-state index in [-0.39, 0.29) is 46.3 Å². The van der Waals surface area contributed by atoms with Crippen LogP contribution in [0.3, 0.4) is 0 Å². The Morgan fingerprint density at radius 1 is 1.12 bits per heavy atom. The fourth-order valence-electron chi connectivity index (χ4n) is 5.86. The van der Waals surface area contributed by atoms with Gasteiger partial charge in [-0.15, -0.1) is 11.6 Å². The number of amides is 2. The average Bonchev–Trinajstić information content (AvgIpc) is 3.98. The molecule has 1 aliphatic heterocycles. The Morgan fingerprint density at radius 2 is 1.70 bits per heavy atom. The number of aliphatic carboxylic acids is 1. The molecule has 2 aromatic carbocycles. The number of carboxylic acids is 1. The zero-order valence-electron chi connectivity index (χ0n) is 35.6. The summed E-state index contributed by atoms with van der Waals surface area (Å²) in [6.45, 7) is 7.92. The first-order chi connectivity index (χ1) is 30.6. The summed E-state index contributed by atoms with van der Waals surface area (Å²) in [4.78, 5) is 61.9. The van der Waals surface area contributed by atoms with Crippen LogP contribution in [0.5, 0.6) is 0 Å². The Kier molecular flexibility index (Phi) is 22.7. The molecule has 5 rings (SSSR count). The Balaban J connectivity index is 0.000000311. The second kappa shape index (κ2) is 25.8. The van der Waals surface area contributed by atoms with Crippen molar-refractivity contribution in [2.45, 2.75) is 63.4 Å². The van der Waals surface area contributed by atoms with Gasteiger partial charge in [-0.2, -0.15) is 18.3 Å². The summed E-state index contributed by atoms with van der Waals surface area (Å²) >= 11 is 28.4. The van der Waals surface area contributed by atoms with Crippen LogP contribution < -0.4 is 16.0 Å². The molecule has 1 atom stereocenters. The number of carbonyl (C=O) groups is 3. The molecule has 19 nitrogen and oxygen atoms in total. The third-order valence-corrected chi connectivity index (χ3v) is 10.6. The van der Waals surface area contributed by atoms with Gasteiger partial charge in [-0.3, -0.25) is 39.3 Å². The second-order valence-corrected chi connectivity index (χ2v) is 17.7. The van der Waals surface area contributed by atoms with Crippen molar-refractivity contribution in [3.8, 4) is 5.69 Å². The number of aryl methyl sites for hydroxylation is 2. The molecule has 1 unspecified atom stereocenters. The molecule has 66 heavy (non-hydrogen) atoms. The van der Waals surface area contributed by atoms with Gasteiger partial charge in [0.1, 0.15) is 42.1 Å². The average molecular weight is 1060 g/mol. The Morgan fingerprint density at radius 3 is 2.11 bits per heavy atom. The van der Waals surface area contributed by atoms with Crippen LogP contribution in [0.2, 0.25) is 10.0 Å². The molecule has 4 aromatic rings. The van der Waals surface area contributed by atoms with Gasteiger partial charge in [-0.1, -0.05) is 78.5 Å². The topological polar surface area (TPSA) is 266 Å². The maximum absolute atomic E-state index is 12.6. The van der Waals surface area contributed by atoms with Crippen LogP contribution in [-0.2, 0) is 47.4 Å². The number of benzene rings is 2. The van der Waals surface area contributed by atoms with E-state index in [1.165, 1.54) is 4.90 Å². The van der Waals surface area contributed by atoms with Gasteiger partial charge in [0.25, 0.3) is 5.91 Å². The molecule has 0 spiro atoms. The lowest BCUT2D eigenvalue weighted by Crippen LogP contribution is -2.45. The highest BCUT2D eigenvalue weighted by Crippen LogP contribution is 2.40. The fraction of sp³-hybridized carbons (Fsp3) is 0.421. The number of nitro groups is 1. The van der Waals surface area contributed by atoms with Crippen LogP contribution in [0.15, 0.2) is 59.3 Å². The lowest BCUT2D eigenvalue weighted by molar-refractivity contribution is -0.383. The van der Waals surface area contributed by atoms with Crippen molar-refractivity contribution in [1.29, 1.82) is 0 Å². The van der Waals surface area contributed by atoms with Gasteiger partial charge in [-0.25, -0.2) is 4.68 Å². The molecule has 1 fully saturated rings. The van der Waals surface area contributed by atoms with Crippen molar-refractivity contribution in [1.82, 2.24) is 20.0 Å². The van der Waals surface area contributed by atoms with Crippen molar-refractivity contribution < 1.29 is 65.8 Å². The number of alkyl halides is 6. The Bertz CT molecular complexity index is 2270. The number of nitrogen functional groups attached to an aromatic ring is 1.